The molecule has 2 rings (SSSR count). The van der Waals surface area contributed by atoms with Gasteiger partial charge in [-0.3, -0.25) is 9.40 Å². The number of nitrogens with two attached hydrogens (primary N) is 1. The fraction of sp³-hybridized carbons (Fsp3) is 0.200. The molecule has 2 aromatic heterocycles. The van der Waals surface area contributed by atoms with Crippen molar-refractivity contribution >= 4 is 37.5 Å². The van der Waals surface area contributed by atoms with Crippen LogP contribution in [-0.2, 0) is 16.6 Å². The van der Waals surface area contributed by atoms with E-state index in [-0.39, 0.29) is 10.7 Å². The molecule has 102 valence electrons. The fourth-order valence-corrected chi connectivity index (χ4v) is 2.79. The number of halogens is 1. The molecule has 0 aromatic carbocycles. The summed E-state index contributed by atoms with van der Waals surface area (Å²) in [7, 11) is -3.76. The van der Waals surface area contributed by atoms with Crippen LogP contribution in [0.2, 0.25) is 0 Å². The summed E-state index contributed by atoms with van der Waals surface area (Å²) in [4.78, 5) is 3.89. The molecular weight excluding hydrogens is 334 g/mol. The number of aryl methyl sites for hydroxylation is 1. The van der Waals surface area contributed by atoms with Gasteiger partial charge in [0.15, 0.2) is 5.82 Å². The second kappa shape index (κ2) is 5.17. The molecule has 0 aliphatic rings. The Hall–Kier alpha value is -1.61. The molecule has 9 heteroatoms. The van der Waals surface area contributed by atoms with Crippen LogP contribution in [0.3, 0.4) is 0 Å². The number of rotatable bonds is 4. The molecule has 0 spiro atoms. The van der Waals surface area contributed by atoms with E-state index in [1.165, 1.54) is 17.1 Å². The van der Waals surface area contributed by atoms with Crippen molar-refractivity contribution in [2.24, 2.45) is 0 Å². The fourth-order valence-electron chi connectivity index (χ4n) is 1.43. The normalized spacial score (nSPS) is 11.5. The third-order valence-corrected chi connectivity index (χ3v) is 4.22. The first-order chi connectivity index (χ1) is 8.92. The third kappa shape index (κ3) is 3.04. The number of sulfonamides is 1. The summed E-state index contributed by atoms with van der Waals surface area (Å²) in [6.07, 6.45) is 2.80. The average molecular weight is 346 g/mol. The maximum atomic E-state index is 12.2. The largest absolute Gasteiger partial charge is 0.381 e. The van der Waals surface area contributed by atoms with Gasteiger partial charge in [-0.15, -0.1) is 0 Å². The number of hydrogen-bond acceptors (Lipinski definition) is 5. The van der Waals surface area contributed by atoms with Crippen LogP contribution in [-0.4, -0.2) is 23.2 Å². The standard InChI is InChI=1S/C10H12BrN5O2S/c1-2-16-6-8(10(12)14-16)19(17,18)15-7-3-4-9(11)13-5-7/h3-6,15H,2H2,1H3,(H2,12,14). The Morgan fingerprint density at radius 3 is 2.74 bits per heavy atom. The second-order valence-electron chi connectivity index (χ2n) is 3.71. The number of pyridine rings is 1. The lowest BCUT2D eigenvalue weighted by molar-refractivity contribution is 0.600. The molecule has 0 unspecified atom stereocenters. The summed E-state index contributed by atoms with van der Waals surface area (Å²) in [6, 6.07) is 3.23. The van der Waals surface area contributed by atoms with Crippen LogP contribution in [0.1, 0.15) is 6.92 Å². The first-order valence-electron chi connectivity index (χ1n) is 5.39. The summed E-state index contributed by atoms with van der Waals surface area (Å²) in [6.45, 7) is 2.38. The zero-order valence-electron chi connectivity index (χ0n) is 10.0. The van der Waals surface area contributed by atoms with Crippen molar-refractivity contribution in [1.82, 2.24) is 14.8 Å². The summed E-state index contributed by atoms with van der Waals surface area (Å²) < 4.78 is 28.8. The average Bonchev–Trinajstić information content (AvgIpc) is 2.74. The molecule has 0 aliphatic carbocycles. The molecule has 19 heavy (non-hydrogen) atoms. The summed E-state index contributed by atoms with van der Waals surface area (Å²) in [5.41, 5.74) is 5.96. The molecule has 0 bridgehead atoms. The number of anilines is 2. The summed E-state index contributed by atoms with van der Waals surface area (Å²) in [5, 5.41) is 3.90. The molecule has 0 atom stereocenters. The first-order valence-corrected chi connectivity index (χ1v) is 7.67. The van der Waals surface area contributed by atoms with Crippen LogP contribution in [0.4, 0.5) is 11.5 Å². The summed E-state index contributed by atoms with van der Waals surface area (Å²) in [5.74, 6) is -0.0283. The lowest BCUT2D eigenvalue weighted by Gasteiger charge is -2.06. The van der Waals surface area contributed by atoms with Gasteiger partial charge in [0.25, 0.3) is 10.0 Å². The van der Waals surface area contributed by atoms with Crippen LogP contribution in [0.5, 0.6) is 0 Å². The second-order valence-corrected chi connectivity index (χ2v) is 6.17. The van der Waals surface area contributed by atoms with E-state index in [0.717, 1.165) is 0 Å². The quantitative estimate of drug-likeness (QED) is 0.816. The zero-order valence-corrected chi connectivity index (χ0v) is 12.4. The number of nitrogens with zero attached hydrogens (tertiary/aromatic N) is 3. The molecule has 0 saturated heterocycles. The zero-order chi connectivity index (χ0) is 14.0. The minimum absolute atomic E-state index is 0.0283. The van der Waals surface area contributed by atoms with E-state index in [1.54, 1.807) is 12.1 Å². The van der Waals surface area contributed by atoms with Gasteiger partial charge in [-0.1, -0.05) is 0 Å². The maximum Gasteiger partial charge on any atom is 0.267 e. The SMILES string of the molecule is CCn1cc(S(=O)(=O)Nc2ccc(Br)nc2)c(N)n1. The Balaban J connectivity index is 2.31. The minimum atomic E-state index is -3.76. The van der Waals surface area contributed by atoms with Gasteiger partial charge in [0.1, 0.15) is 9.50 Å². The molecule has 2 heterocycles. The number of nitrogen functional groups attached to an aromatic ring is 1. The number of hydrogen-bond donors (Lipinski definition) is 2. The highest BCUT2D eigenvalue weighted by atomic mass is 79.9. The van der Waals surface area contributed by atoms with Crippen LogP contribution >= 0.6 is 15.9 Å². The smallest absolute Gasteiger partial charge is 0.267 e. The van der Waals surface area contributed by atoms with E-state index in [1.807, 2.05) is 6.92 Å². The van der Waals surface area contributed by atoms with Gasteiger partial charge >= 0.3 is 0 Å². The van der Waals surface area contributed by atoms with E-state index >= 15 is 0 Å². The van der Waals surface area contributed by atoms with Crippen LogP contribution in [0.15, 0.2) is 34.0 Å². The van der Waals surface area contributed by atoms with E-state index in [9.17, 15) is 8.42 Å². The third-order valence-electron chi connectivity index (χ3n) is 2.35. The van der Waals surface area contributed by atoms with Gasteiger partial charge < -0.3 is 5.73 Å². The van der Waals surface area contributed by atoms with Gasteiger partial charge in [-0.2, -0.15) is 5.10 Å². The molecular formula is C10H12BrN5O2S. The van der Waals surface area contributed by atoms with Crippen molar-refractivity contribution in [2.45, 2.75) is 18.4 Å². The minimum Gasteiger partial charge on any atom is -0.381 e. The van der Waals surface area contributed by atoms with Crippen molar-refractivity contribution in [2.75, 3.05) is 10.5 Å². The van der Waals surface area contributed by atoms with Gasteiger partial charge in [-0.25, -0.2) is 13.4 Å². The Morgan fingerprint density at radius 2 is 2.21 bits per heavy atom. The predicted octanol–water partition coefficient (Wildman–Crippen LogP) is 1.44. The molecule has 0 fully saturated rings. The van der Waals surface area contributed by atoms with Gasteiger partial charge in [0.05, 0.1) is 11.9 Å². The van der Waals surface area contributed by atoms with Crippen molar-refractivity contribution in [1.29, 1.82) is 0 Å². The highest BCUT2D eigenvalue weighted by molar-refractivity contribution is 9.10. The van der Waals surface area contributed by atoms with E-state index in [4.69, 9.17) is 5.73 Å². The molecule has 0 radical (unpaired) electrons. The van der Waals surface area contributed by atoms with Gasteiger partial charge in [-0.05, 0) is 35.0 Å². The van der Waals surface area contributed by atoms with Crippen molar-refractivity contribution in [3.05, 3.63) is 29.1 Å². The molecule has 2 aromatic rings. The Labute approximate surface area is 119 Å². The lowest BCUT2D eigenvalue weighted by atomic mass is 10.4. The molecule has 0 aliphatic heterocycles. The highest BCUT2D eigenvalue weighted by Crippen LogP contribution is 2.20. The van der Waals surface area contributed by atoms with E-state index in [2.05, 4.69) is 30.7 Å². The molecule has 7 nitrogen and oxygen atoms in total. The first kappa shape index (κ1) is 13.8. The van der Waals surface area contributed by atoms with Crippen LogP contribution in [0, 0.1) is 0 Å². The molecule has 0 saturated carbocycles. The Morgan fingerprint density at radius 1 is 1.47 bits per heavy atom. The highest BCUT2D eigenvalue weighted by Gasteiger charge is 2.21. The monoisotopic (exact) mass is 345 g/mol. The van der Waals surface area contributed by atoms with Crippen molar-refractivity contribution in [3.63, 3.8) is 0 Å². The Kier molecular flexibility index (Phi) is 3.76. The number of aromatic nitrogens is 3. The lowest BCUT2D eigenvalue weighted by Crippen LogP contribution is -2.14. The maximum absolute atomic E-state index is 12.2. The van der Waals surface area contributed by atoms with Gasteiger partial charge in [0.2, 0.25) is 0 Å². The molecule has 0 amide bonds. The van der Waals surface area contributed by atoms with Crippen LogP contribution in [0.25, 0.3) is 0 Å². The summed E-state index contributed by atoms with van der Waals surface area (Å²) >= 11 is 3.17. The van der Waals surface area contributed by atoms with E-state index in [0.29, 0.717) is 16.8 Å². The van der Waals surface area contributed by atoms with Crippen LogP contribution < -0.4 is 10.5 Å². The number of nitrogens with one attached hydrogen (secondary N) is 1. The van der Waals surface area contributed by atoms with Crippen molar-refractivity contribution in [3.8, 4) is 0 Å². The van der Waals surface area contributed by atoms with Crippen molar-refractivity contribution < 1.29 is 8.42 Å². The van der Waals surface area contributed by atoms with E-state index < -0.39 is 10.0 Å². The van der Waals surface area contributed by atoms with Gasteiger partial charge in [0, 0.05) is 12.7 Å². The molecule has 3 N–H and O–H groups in total. The Bertz CT molecular complexity index is 680. The predicted molar refractivity (Wildman–Crippen MR) is 75.1 cm³/mol. The topological polar surface area (TPSA) is 103 Å².